The molecule has 2 heterocycles. The van der Waals surface area contributed by atoms with Crippen molar-refractivity contribution in [3.63, 3.8) is 0 Å². The molecule has 0 saturated carbocycles. The second kappa shape index (κ2) is 12.2. The molecule has 2 N–H and O–H groups in total. The number of halogens is 1. The lowest BCUT2D eigenvalue weighted by atomic mass is 10.3. The Morgan fingerprint density at radius 3 is 2.81 bits per heavy atom. The van der Waals surface area contributed by atoms with Crippen molar-refractivity contribution in [2.24, 2.45) is 4.99 Å². The molecule has 0 saturated heterocycles. The zero-order chi connectivity index (χ0) is 18.1. The van der Waals surface area contributed by atoms with Gasteiger partial charge < -0.3 is 19.9 Å². The predicted molar refractivity (Wildman–Crippen MR) is 113 cm³/mol. The normalized spacial score (nSPS) is 12.5. The molecule has 0 radical (unpaired) electrons. The summed E-state index contributed by atoms with van der Waals surface area (Å²) in [6.07, 6.45) is 0.671. The van der Waals surface area contributed by atoms with Crippen LogP contribution in [0.15, 0.2) is 14.9 Å². The van der Waals surface area contributed by atoms with E-state index in [9.17, 15) is 0 Å². The van der Waals surface area contributed by atoms with E-state index in [2.05, 4.69) is 36.1 Å². The molecule has 1 unspecified atom stereocenters. The third kappa shape index (κ3) is 7.54. The minimum Gasteiger partial charge on any atom is -0.371 e. The molecule has 0 fully saturated rings. The van der Waals surface area contributed by atoms with Crippen molar-refractivity contribution in [3.8, 4) is 0 Å². The van der Waals surface area contributed by atoms with E-state index in [1.54, 1.807) is 11.3 Å². The van der Waals surface area contributed by atoms with E-state index in [0.29, 0.717) is 30.8 Å². The van der Waals surface area contributed by atoms with Gasteiger partial charge in [-0.2, -0.15) is 4.98 Å². The second-order valence-electron chi connectivity index (χ2n) is 5.37. The lowest BCUT2D eigenvalue weighted by Gasteiger charge is -2.09. The standard InChI is InChI=1S/C16H26N6O2S.HI/c1-5-17-16(18-8-7-13-10-25-12(4)20-13)19-9-14-21-15(22-24-14)11(3)23-6-2;/h10-11H,5-9H2,1-4H3,(H2,17,18,19);1H. The number of nitrogens with one attached hydrogen (secondary N) is 2. The molecule has 0 bridgehead atoms. The first kappa shape index (κ1) is 22.8. The average molecular weight is 494 g/mol. The van der Waals surface area contributed by atoms with Crippen molar-refractivity contribution in [1.29, 1.82) is 0 Å². The fraction of sp³-hybridized carbons (Fsp3) is 0.625. The fourth-order valence-electron chi connectivity index (χ4n) is 2.14. The molecule has 0 aliphatic heterocycles. The number of nitrogens with zero attached hydrogens (tertiary/aromatic N) is 4. The van der Waals surface area contributed by atoms with E-state index in [-0.39, 0.29) is 30.1 Å². The van der Waals surface area contributed by atoms with E-state index in [0.717, 1.165) is 30.2 Å². The van der Waals surface area contributed by atoms with Crippen LogP contribution >= 0.6 is 35.3 Å². The number of rotatable bonds is 9. The predicted octanol–water partition coefficient (Wildman–Crippen LogP) is 2.85. The largest absolute Gasteiger partial charge is 0.371 e. The maximum absolute atomic E-state index is 5.45. The van der Waals surface area contributed by atoms with Crippen LogP contribution in [0.5, 0.6) is 0 Å². The summed E-state index contributed by atoms with van der Waals surface area (Å²) in [5.41, 5.74) is 1.09. The Balaban J connectivity index is 0.00000338. The van der Waals surface area contributed by atoms with Crippen LogP contribution in [-0.2, 0) is 17.7 Å². The van der Waals surface area contributed by atoms with E-state index < -0.39 is 0 Å². The Hall–Kier alpha value is -1.27. The number of aromatic nitrogens is 3. The second-order valence-corrected chi connectivity index (χ2v) is 6.44. The molecule has 0 aliphatic rings. The first-order chi connectivity index (χ1) is 12.1. The van der Waals surface area contributed by atoms with Gasteiger partial charge in [0.05, 0.1) is 10.7 Å². The van der Waals surface area contributed by atoms with E-state index in [4.69, 9.17) is 9.26 Å². The molecule has 26 heavy (non-hydrogen) atoms. The monoisotopic (exact) mass is 494 g/mol. The summed E-state index contributed by atoms with van der Waals surface area (Å²) >= 11 is 1.67. The highest BCUT2D eigenvalue weighted by atomic mass is 127. The van der Waals surface area contributed by atoms with Gasteiger partial charge >= 0.3 is 0 Å². The summed E-state index contributed by atoms with van der Waals surface area (Å²) < 4.78 is 10.7. The maximum atomic E-state index is 5.45. The van der Waals surface area contributed by atoms with Crippen molar-refractivity contribution in [3.05, 3.63) is 27.8 Å². The Bertz CT molecular complexity index is 675. The summed E-state index contributed by atoms with van der Waals surface area (Å²) in [5, 5.41) is 13.6. The molecule has 2 rings (SSSR count). The summed E-state index contributed by atoms with van der Waals surface area (Å²) in [6, 6.07) is 0. The van der Waals surface area contributed by atoms with Crippen molar-refractivity contribution in [2.45, 2.75) is 46.8 Å². The third-order valence-corrected chi connectivity index (χ3v) is 4.14. The molecule has 10 heteroatoms. The smallest absolute Gasteiger partial charge is 0.248 e. The summed E-state index contributed by atoms with van der Waals surface area (Å²) in [6.45, 7) is 10.3. The maximum Gasteiger partial charge on any atom is 0.248 e. The molecular weight excluding hydrogens is 467 g/mol. The quantitative estimate of drug-likeness (QED) is 0.314. The number of aliphatic imine (C=N–C) groups is 1. The average Bonchev–Trinajstić information content (AvgIpc) is 3.22. The van der Waals surface area contributed by atoms with Gasteiger partial charge in [0.25, 0.3) is 0 Å². The van der Waals surface area contributed by atoms with Crippen LogP contribution in [0, 0.1) is 6.92 Å². The number of guanidine groups is 1. The lowest BCUT2D eigenvalue weighted by molar-refractivity contribution is 0.0683. The Kier molecular flexibility index (Phi) is 10.7. The highest BCUT2D eigenvalue weighted by Gasteiger charge is 2.13. The van der Waals surface area contributed by atoms with E-state index in [1.807, 2.05) is 27.7 Å². The molecule has 0 aliphatic carbocycles. The number of hydrogen-bond donors (Lipinski definition) is 2. The van der Waals surface area contributed by atoms with Crippen LogP contribution in [0.25, 0.3) is 0 Å². The van der Waals surface area contributed by atoms with Crippen LogP contribution in [0.3, 0.4) is 0 Å². The minimum atomic E-state index is -0.181. The highest BCUT2D eigenvalue weighted by molar-refractivity contribution is 14.0. The molecule has 1 atom stereocenters. The lowest BCUT2D eigenvalue weighted by Crippen LogP contribution is -2.38. The van der Waals surface area contributed by atoms with E-state index >= 15 is 0 Å². The molecular formula is C16H27IN6O2S. The molecule has 8 nitrogen and oxygen atoms in total. The Labute approximate surface area is 175 Å². The van der Waals surface area contributed by atoms with Gasteiger partial charge in [-0.25, -0.2) is 9.98 Å². The highest BCUT2D eigenvalue weighted by Crippen LogP contribution is 2.13. The van der Waals surface area contributed by atoms with Crippen molar-refractivity contribution < 1.29 is 9.26 Å². The fourth-order valence-corrected chi connectivity index (χ4v) is 2.79. The summed E-state index contributed by atoms with van der Waals surface area (Å²) in [5.74, 6) is 1.73. The molecule has 0 spiro atoms. The topological polar surface area (TPSA) is 97.5 Å². The SMILES string of the molecule is CCNC(=NCc1nc(C(C)OCC)no1)NCCc1csc(C)n1.I. The molecule has 0 amide bonds. The minimum absolute atomic E-state index is 0. The van der Waals surface area contributed by atoms with Crippen molar-refractivity contribution >= 4 is 41.3 Å². The molecule has 0 aromatic carbocycles. The zero-order valence-electron chi connectivity index (χ0n) is 15.6. The molecule has 2 aromatic heterocycles. The zero-order valence-corrected chi connectivity index (χ0v) is 18.8. The summed E-state index contributed by atoms with van der Waals surface area (Å²) in [4.78, 5) is 13.3. The molecule has 146 valence electrons. The number of aryl methyl sites for hydroxylation is 1. The van der Waals surface area contributed by atoms with Crippen LogP contribution in [0.2, 0.25) is 0 Å². The first-order valence-corrected chi connectivity index (χ1v) is 9.37. The van der Waals surface area contributed by atoms with Gasteiger partial charge in [0.2, 0.25) is 5.89 Å². The first-order valence-electron chi connectivity index (χ1n) is 8.49. The van der Waals surface area contributed by atoms with Crippen LogP contribution in [0.4, 0.5) is 0 Å². The van der Waals surface area contributed by atoms with Crippen LogP contribution in [-0.4, -0.2) is 40.8 Å². The van der Waals surface area contributed by atoms with Crippen LogP contribution < -0.4 is 10.6 Å². The van der Waals surface area contributed by atoms with Crippen LogP contribution in [0.1, 0.15) is 49.3 Å². The van der Waals surface area contributed by atoms with Gasteiger partial charge in [0, 0.05) is 31.5 Å². The molecule has 2 aromatic rings. The van der Waals surface area contributed by atoms with Crippen molar-refractivity contribution in [1.82, 2.24) is 25.8 Å². The van der Waals surface area contributed by atoms with Crippen molar-refractivity contribution in [2.75, 3.05) is 19.7 Å². The van der Waals surface area contributed by atoms with Gasteiger partial charge in [-0.3, -0.25) is 0 Å². The Morgan fingerprint density at radius 2 is 2.15 bits per heavy atom. The third-order valence-electron chi connectivity index (χ3n) is 3.32. The van der Waals surface area contributed by atoms with Gasteiger partial charge in [-0.15, -0.1) is 35.3 Å². The Morgan fingerprint density at radius 1 is 1.35 bits per heavy atom. The van der Waals surface area contributed by atoms with Gasteiger partial charge in [-0.1, -0.05) is 5.16 Å². The number of thiazole rings is 1. The number of hydrogen-bond acceptors (Lipinski definition) is 7. The van der Waals surface area contributed by atoms with Gasteiger partial charge in [0.15, 0.2) is 11.8 Å². The van der Waals surface area contributed by atoms with E-state index in [1.165, 1.54) is 0 Å². The number of ether oxygens (including phenoxy) is 1. The summed E-state index contributed by atoms with van der Waals surface area (Å²) in [7, 11) is 0. The van der Waals surface area contributed by atoms with Gasteiger partial charge in [-0.05, 0) is 27.7 Å². The van der Waals surface area contributed by atoms with Gasteiger partial charge in [0.1, 0.15) is 12.6 Å².